The van der Waals surface area contributed by atoms with Crippen molar-refractivity contribution in [2.45, 2.75) is 71.3 Å². The number of terminal acetylenes is 1. The second-order valence-corrected chi connectivity index (χ2v) is 9.36. The van der Waals surface area contributed by atoms with Gasteiger partial charge in [0.1, 0.15) is 5.78 Å². The first-order valence-corrected chi connectivity index (χ1v) is 9.57. The van der Waals surface area contributed by atoms with Crippen LogP contribution in [-0.2, 0) is 4.79 Å². The molecule has 4 fully saturated rings. The van der Waals surface area contributed by atoms with Gasteiger partial charge < -0.3 is 5.11 Å². The van der Waals surface area contributed by atoms with Gasteiger partial charge in [0.25, 0.3) is 0 Å². The zero-order valence-electron chi connectivity index (χ0n) is 14.6. The molecule has 4 aliphatic carbocycles. The van der Waals surface area contributed by atoms with Crippen LogP contribution in [0.15, 0.2) is 0 Å². The second-order valence-electron chi connectivity index (χ2n) is 9.36. The molecular weight excluding hydrogens is 284 g/mol. The molecule has 0 amide bonds. The minimum Gasteiger partial charge on any atom is -0.392 e. The van der Waals surface area contributed by atoms with Crippen molar-refractivity contribution in [3.63, 3.8) is 0 Å². The Labute approximate surface area is 140 Å². The SMILES string of the molecule is C#C[C@@H]1C[C@@]2(C)[C@@H](CC[C@@H]3[C@@H]2CC[C@]2(C)C(=O)CC[C@@H]32)C[C@H]1O. The molecule has 8 atom stereocenters. The van der Waals surface area contributed by atoms with Crippen molar-refractivity contribution in [3.8, 4) is 12.3 Å². The van der Waals surface area contributed by atoms with E-state index in [0.717, 1.165) is 32.1 Å². The van der Waals surface area contributed by atoms with E-state index in [9.17, 15) is 9.90 Å². The number of hydrogen-bond donors (Lipinski definition) is 1. The number of rotatable bonds is 0. The fourth-order valence-corrected chi connectivity index (χ4v) is 7.25. The summed E-state index contributed by atoms with van der Waals surface area (Å²) in [6.07, 6.45) is 13.9. The summed E-state index contributed by atoms with van der Waals surface area (Å²) < 4.78 is 0. The van der Waals surface area contributed by atoms with Crippen LogP contribution in [0, 0.1) is 52.8 Å². The topological polar surface area (TPSA) is 37.3 Å². The van der Waals surface area contributed by atoms with E-state index >= 15 is 0 Å². The van der Waals surface area contributed by atoms with Gasteiger partial charge in [0, 0.05) is 17.8 Å². The third-order valence-corrected chi connectivity index (χ3v) is 8.64. The van der Waals surface area contributed by atoms with Crippen LogP contribution in [0.5, 0.6) is 0 Å². The van der Waals surface area contributed by atoms with E-state index in [2.05, 4.69) is 19.8 Å². The van der Waals surface area contributed by atoms with Crippen molar-refractivity contribution in [1.82, 2.24) is 0 Å². The molecular formula is C21H30O2. The standard InChI is InChI=1S/C21H30O2/c1-4-13-12-21(3)14(11-18(13)22)5-6-15-16-7-8-19(23)20(16,2)10-9-17(15)21/h1,13-18,22H,5-12H2,2-3H3/t13-,14+,15+,16+,17+,18-,20+,21+/m1/s1. The predicted molar refractivity (Wildman–Crippen MR) is 90.4 cm³/mol. The highest BCUT2D eigenvalue weighted by Gasteiger charge is 2.60. The summed E-state index contributed by atoms with van der Waals surface area (Å²) in [6.45, 7) is 4.69. The average Bonchev–Trinajstić information content (AvgIpc) is 2.83. The van der Waals surface area contributed by atoms with E-state index < -0.39 is 0 Å². The maximum absolute atomic E-state index is 12.4. The lowest BCUT2D eigenvalue weighted by Gasteiger charge is -2.60. The minimum absolute atomic E-state index is 0.0218. The minimum atomic E-state index is -0.309. The van der Waals surface area contributed by atoms with Crippen molar-refractivity contribution in [2.75, 3.05) is 0 Å². The van der Waals surface area contributed by atoms with Crippen LogP contribution in [0.2, 0.25) is 0 Å². The van der Waals surface area contributed by atoms with Gasteiger partial charge in [-0.25, -0.2) is 0 Å². The highest BCUT2D eigenvalue weighted by atomic mass is 16.3. The summed E-state index contributed by atoms with van der Waals surface area (Å²) >= 11 is 0. The van der Waals surface area contributed by atoms with Crippen molar-refractivity contribution < 1.29 is 9.90 Å². The number of aliphatic hydroxyl groups excluding tert-OH is 1. The Morgan fingerprint density at radius 3 is 2.70 bits per heavy atom. The lowest BCUT2D eigenvalue weighted by atomic mass is 9.44. The molecule has 126 valence electrons. The number of aliphatic hydroxyl groups is 1. The Bertz CT molecular complexity index is 561. The van der Waals surface area contributed by atoms with Crippen LogP contribution in [0.3, 0.4) is 0 Å². The second kappa shape index (κ2) is 5.09. The van der Waals surface area contributed by atoms with Crippen molar-refractivity contribution in [2.24, 2.45) is 40.4 Å². The maximum atomic E-state index is 12.4. The Balaban J connectivity index is 1.65. The summed E-state index contributed by atoms with van der Waals surface area (Å²) in [5.41, 5.74) is 0.232. The van der Waals surface area contributed by atoms with E-state index in [0.29, 0.717) is 29.5 Å². The first-order valence-electron chi connectivity index (χ1n) is 9.57. The monoisotopic (exact) mass is 314 g/mol. The van der Waals surface area contributed by atoms with Gasteiger partial charge in [-0.05, 0) is 74.0 Å². The maximum Gasteiger partial charge on any atom is 0.139 e. The van der Waals surface area contributed by atoms with Crippen LogP contribution >= 0.6 is 0 Å². The fourth-order valence-electron chi connectivity index (χ4n) is 7.25. The Morgan fingerprint density at radius 2 is 1.96 bits per heavy atom. The van der Waals surface area contributed by atoms with Crippen molar-refractivity contribution in [3.05, 3.63) is 0 Å². The van der Waals surface area contributed by atoms with E-state index in [-0.39, 0.29) is 22.9 Å². The number of fused-ring (bicyclic) bond motifs is 5. The fraction of sp³-hybridized carbons (Fsp3) is 0.857. The van der Waals surface area contributed by atoms with Gasteiger partial charge in [-0.15, -0.1) is 12.3 Å². The normalized spacial score (nSPS) is 55.5. The van der Waals surface area contributed by atoms with Gasteiger partial charge in [-0.1, -0.05) is 13.8 Å². The number of carbonyl (C=O) groups excluding carboxylic acids is 1. The molecule has 0 heterocycles. The van der Waals surface area contributed by atoms with E-state index in [1.807, 2.05) is 0 Å². The van der Waals surface area contributed by atoms with Gasteiger partial charge in [-0.2, -0.15) is 0 Å². The van der Waals surface area contributed by atoms with E-state index in [1.165, 1.54) is 19.3 Å². The van der Waals surface area contributed by atoms with Gasteiger partial charge in [0.15, 0.2) is 0 Å². The zero-order chi connectivity index (χ0) is 16.4. The molecule has 1 N–H and O–H groups in total. The summed E-state index contributed by atoms with van der Waals surface area (Å²) in [4.78, 5) is 12.4. The predicted octanol–water partition coefficient (Wildman–Crippen LogP) is 3.82. The Kier molecular flexibility index (Phi) is 3.48. The molecule has 0 aromatic carbocycles. The number of Topliss-reactive ketones (excluding diaryl/α,β-unsaturated/α-hetero) is 1. The van der Waals surface area contributed by atoms with E-state index in [1.54, 1.807) is 0 Å². The molecule has 0 aromatic rings. The van der Waals surface area contributed by atoms with Gasteiger partial charge in [-0.3, -0.25) is 4.79 Å². The van der Waals surface area contributed by atoms with Gasteiger partial charge >= 0.3 is 0 Å². The molecule has 0 spiro atoms. The van der Waals surface area contributed by atoms with Crippen LogP contribution in [0.25, 0.3) is 0 Å². The van der Waals surface area contributed by atoms with Crippen LogP contribution in [-0.4, -0.2) is 17.0 Å². The van der Waals surface area contributed by atoms with Crippen LogP contribution in [0.4, 0.5) is 0 Å². The van der Waals surface area contributed by atoms with E-state index in [4.69, 9.17) is 6.42 Å². The molecule has 0 unspecified atom stereocenters. The third-order valence-electron chi connectivity index (χ3n) is 8.64. The van der Waals surface area contributed by atoms with Crippen LogP contribution in [0.1, 0.15) is 65.2 Å². The summed E-state index contributed by atoms with van der Waals surface area (Å²) in [5.74, 6) is 6.03. The average molecular weight is 314 g/mol. The molecule has 4 aliphatic rings. The number of ketones is 1. The first-order chi connectivity index (χ1) is 10.9. The highest BCUT2D eigenvalue weighted by molar-refractivity contribution is 5.87. The first kappa shape index (κ1) is 15.7. The molecule has 0 saturated heterocycles. The highest BCUT2D eigenvalue weighted by Crippen LogP contribution is 2.65. The lowest BCUT2D eigenvalue weighted by molar-refractivity contribution is -0.145. The molecule has 2 nitrogen and oxygen atoms in total. The van der Waals surface area contributed by atoms with Gasteiger partial charge in [0.2, 0.25) is 0 Å². The zero-order valence-corrected chi connectivity index (χ0v) is 14.6. The van der Waals surface area contributed by atoms with Crippen LogP contribution < -0.4 is 0 Å². The largest absolute Gasteiger partial charge is 0.392 e. The Morgan fingerprint density at radius 1 is 1.17 bits per heavy atom. The summed E-state index contributed by atoms with van der Waals surface area (Å²) in [7, 11) is 0. The quantitative estimate of drug-likeness (QED) is 0.690. The van der Waals surface area contributed by atoms with Gasteiger partial charge in [0.05, 0.1) is 6.10 Å². The molecule has 2 heteroatoms. The molecule has 0 radical (unpaired) electrons. The molecule has 4 saturated carbocycles. The summed E-state index contributed by atoms with van der Waals surface area (Å²) in [6, 6.07) is 0. The molecule has 23 heavy (non-hydrogen) atoms. The third kappa shape index (κ3) is 2.02. The van der Waals surface area contributed by atoms with Crippen molar-refractivity contribution in [1.29, 1.82) is 0 Å². The summed E-state index contributed by atoms with van der Waals surface area (Å²) in [5, 5.41) is 10.4. The molecule has 0 bridgehead atoms. The van der Waals surface area contributed by atoms with Crippen molar-refractivity contribution >= 4 is 5.78 Å². The number of hydrogen-bond acceptors (Lipinski definition) is 2. The molecule has 0 aliphatic heterocycles. The smallest absolute Gasteiger partial charge is 0.139 e. The number of carbonyl (C=O) groups is 1. The molecule has 4 rings (SSSR count). The Hall–Kier alpha value is -0.810. The molecule has 0 aromatic heterocycles. The lowest BCUT2D eigenvalue weighted by Crippen LogP contribution is -2.55.